The minimum absolute atomic E-state index is 0.104. The number of aryl methyl sites for hydroxylation is 1. The van der Waals surface area contributed by atoms with Crippen molar-refractivity contribution in [3.63, 3.8) is 0 Å². The Morgan fingerprint density at radius 3 is 2.45 bits per heavy atom. The van der Waals surface area contributed by atoms with Crippen molar-refractivity contribution in [1.29, 1.82) is 0 Å². The van der Waals surface area contributed by atoms with Crippen molar-refractivity contribution in [2.45, 2.75) is 20.3 Å². The molecule has 9 heteroatoms. The minimum atomic E-state index is -0.940. The summed E-state index contributed by atoms with van der Waals surface area (Å²) in [5.41, 5.74) is 3.07. The van der Waals surface area contributed by atoms with Crippen molar-refractivity contribution >= 4 is 23.1 Å². The Morgan fingerprint density at radius 2 is 1.77 bits per heavy atom. The molecule has 0 saturated heterocycles. The zero-order valence-corrected chi connectivity index (χ0v) is 17.1. The summed E-state index contributed by atoms with van der Waals surface area (Å²) in [5.74, 6) is -1.87. The van der Waals surface area contributed by atoms with Crippen LogP contribution >= 0.6 is 0 Å². The van der Waals surface area contributed by atoms with Gasteiger partial charge < -0.3 is 10.2 Å². The number of carbonyl (C=O) groups is 1. The Balaban J connectivity index is 1.52. The number of aromatic nitrogens is 4. The fraction of sp³-hybridized carbons (Fsp3) is 0.227. The van der Waals surface area contributed by atoms with Gasteiger partial charge in [0, 0.05) is 25.5 Å². The van der Waals surface area contributed by atoms with Gasteiger partial charge in [-0.3, -0.25) is 14.8 Å². The monoisotopic (exact) mass is 422 g/mol. The van der Waals surface area contributed by atoms with E-state index in [0.717, 1.165) is 42.2 Å². The van der Waals surface area contributed by atoms with E-state index in [9.17, 15) is 13.6 Å². The van der Waals surface area contributed by atoms with Crippen LogP contribution in [0, 0.1) is 18.6 Å². The normalized spacial score (nSPS) is 14.0. The number of rotatable bonds is 4. The van der Waals surface area contributed by atoms with Gasteiger partial charge in [0.2, 0.25) is 0 Å². The fourth-order valence-electron chi connectivity index (χ4n) is 3.49. The highest BCUT2D eigenvalue weighted by molar-refractivity contribution is 6.04. The molecule has 0 saturated carbocycles. The Morgan fingerprint density at radius 1 is 1.03 bits per heavy atom. The van der Waals surface area contributed by atoms with Crippen LogP contribution in [0.2, 0.25) is 0 Å². The van der Waals surface area contributed by atoms with E-state index in [2.05, 4.69) is 37.1 Å². The molecule has 0 fully saturated rings. The van der Waals surface area contributed by atoms with E-state index >= 15 is 0 Å². The molecule has 158 valence electrons. The molecule has 31 heavy (non-hydrogen) atoms. The first-order valence-corrected chi connectivity index (χ1v) is 9.73. The van der Waals surface area contributed by atoms with E-state index < -0.39 is 23.1 Å². The van der Waals surface area contributed by atoms with Crippen LogP contribution in [0.15, 0.2) is 48.6 Å². The molecular formula is C22H20F2N6O. The standard InChI is InChI=1S/C22H20F2N6O/c1-13-6-9-30(21-14(2)25-7-8-26-21)12-15(13)18-10-28-19(11-27-18)29-22(31)20-16(23)4-3-5-17(20)24/h3-5,7-8,10-11H,6,9,12H2,1-2H3,(H,28,29,31). The highest BCUT2D eigenvalue weighted by Gasteiger charge is 2.22. The van der Waals surface area contributed by atoms with Crippen molar-refractivity contribution in [2.75, 3.05) is 23.3 Å². The molecule has 7 nitrogen and oxygen atoms in total. The molecule has 0 atom stereocenters. The summed E-state index contributed by atoms with van der Waals surface area (Å²) in [5, 5.41) is 2.39. The van der Waals surface area contributed by atoms with Gasteiger partial charge in [-0.2, -0.15) is 0 Å². The average Bonchev–Trinajstić information content (AvgIpc) is 2.75. The van der Waals surface area contributed by atoms with Crippen molar-refractivity contribution < 1.29 is 13.6 Å². The Hall–Kier alpha value is -3.75. The highest BCUT2D eigenvalue weighted by atomic mass is 19.1. The van der Waals surface area contributed by atoms with E-state index in [4.69, 9.17) is 0 Å². The molecule has 0 bridgehead atoms. The van der Waals surface area contributed by atoms with Gasteiger partial charge in [0.25, 0.3) is 5.91 Å². The van der Waals surface area contributed by atoms with E-state index in [1.807, 2.05) is 6.92 Å². The lowest BCUT2D eigenvalue weighted by Crippen LogP contribution is -2.32. The van der Waals surface area contributed by atoms with Gasteiger partial charge in [-0.05, 0) is 38.0 Å². The fourth-order valence-corrected chi connectivity index (χ4v) is 3.49. The predicted molar refractivity (Wildman–Crippen MR) is 113 cm³/mol. The van der Waals surface area contributed by atoms with Crippen LogP contribution in [-0.2, 0) is 0 Å². The maximum absolute atomic E-state index is 13.8. The lowest BCUT2D eigenvalue weighted by Gasteiger charge is -2.31. The molecule has 1 N–H and O–H groups in total. The molecule has 1 aromatic carbocycles. The third-order valence-corrected chi connectivity index (χ3v) is 5.17. The van der Waals surface area contributed by atoms with Crippen LogP contribution < -0.4 is 10.2 Å². The molecule has 2 aromatic heterocycles. The van der Waals surface area contributed by atoms with Gasteiger partial charge in [0.1, 0.15) is 23.0 Å². The smallest absolute Gasteiger partial charge is 0.262 e. The van der Waals surface area contributed by atoms with Crippen LogP contribution in [0.3, 0.4) is 0 Å². The third-order valence-electron chi connectivity index (χ3n) is 5.17. The van der Waals surface area contributed by atoms with Crippen molar-refractivity contribution in [2.24, 2.45) is 0 Å². The SMILES string of the molecule is CC1=C(c2cnc(NC(=O)c3c(F)cccc3F)cn2)CN(c2nccnc2C)CC1. The van der Waals surface area contributed by atoms with Gasteiger partial charge in [-0.25, -0.2) is 18.7 Å². The van der Waals surface area contributed by atoms with Crippen LogP contribution in [0.1, 0.15) is 35.1 Å². The molecule has 0 radical (unpaired) electrons. The second kappa shape index (κ2) is 8.55. The van der Waals surface area contributed by atoms with E-state index in [1.54, 1.807) is 18.6 Å². The third kappa shape index (κ3) is 4.25. The summed E-state index contributed by atoms with van der Waals surface area (Å²) < 4.78 is 27.6. The van der Waals surface area contributed by atoms with E-state index in [1.165, 1.54) is 17.8 Å². The van der Waals surface area contributed by atoms with Crippen LogP contribution in [0.4, 0.5) is 20.4 Å². The number of hydrogen-bond donors (Lipinski definition) is 1. The quantitative estimate of drug-likeness (QED) is 0.689. The van der Waals surface area contributed by atoms with Crippen LogP contribution in [-0.4, -0.2) is 38.9 Å². The topological polar surface area (TPSA) is 83.9 Å². The van der Waals surface area contributed by atoms with Crippen LogP contribution in [0.5, 0.6) is 0 Å². The summed E-state index contributed by atoms with van der Waals surface area (Å²) in [4.78, 5) is 31.7. The largest absolute Gasteiger partial charge is 0.350 e. The highest BCUT2D eigenvalue weighted by Crippen LogP contribution is 2.28. The number of benzene rings is 1. The van der Waals surface area contributed by atoms with Crippen molar-refractivity contribution in [3.8, 4) is 0 Å². The second-order valence-corrected chi connectivity index (χ2v) is 7.23. The lowest BCUT2D eigenvalue weighted by atomic mass is 9.99. The number of hydrogen-bond acceptors (Lipinski definition) is 6. The number of carbonyl (C=O) groups excluding carboxylic acids is 1. The summed E-state index contributed by atoms with van der Waals surface area (Å²) in [6.07, 6.45) is 7.09. The molecule has 1 amide bonds. The van der Waals surface area contributed by atoms with E-state index in [-0.39, 0.29) is 5.82 Å². The first-order chi connectivity index (χ1) is 14.9. The molecule has 0 spiro atoms. The average molecular weight is 422 g/mol. The van der Waals surface area contributed by atoms with Gasteiger partial charge in [-0.1, -0.05) is 11.6 Å². The van der Waals surface area contributed by atoms with Crippen molar-refractivity contribution in [1.82, 2.24) is 19.9 Å². The number of anilines is 2. The van der Waals surface area contributed by atoms with Crippen LogP contribution in [0.25, 0.3) is 5.57 Å². The number of nitrogens with zero attached hydrogens (tertiary/aromatic N) is 5. The maximum atomic E-state index is 13.8. The molecule has 3 heterocycles. The Bertz CT molecular complexity index is 1140. The van der Waals surface area contributed by atoms with Gasteiger partial charge in [-0.15, -0.1) is 0 Å². The van der Waals surface area contributed by atoms with Gasteiger partial charge >= 0.3 is 0 Å². The second-order valence-electron chi connectivity index (χ2n) is 7.23. The zero-order chi connectivity index (χ0) is 22.0. The first kappa shape index (κ1) is 20.5. The summed E-state index contributed by atoms with van der Waals surface area (Å²) in [6.45, 7) is 5.40. The number of halogens is 2. The lowest BCUT2D eigenvalue weighted by molar-refractivity contribution is 0.101. The van der Waals surface area contributed by atoms with Crippen molar-refractivity contribution in [3.05, 3.63) is 77.1 Å². The number of amides is 1. The van der Waals surface area contributed by atoms with Gasteiger partial charge in [0.15, 0.2) is 5.82 Å². The predicted octanol–water partition coefficient (Wildman–Crippen LogP) is 3.79. The summed E-state index contributed by atoms with van der Waals surface area (Å²) in [7, 11) is 0. The molecule has 1 aliphatic heterocycles. The van der Waals surface area contributed by atoms with Gasteiger partial charge in [0.05, 0.1) is 23.8 Å². The molecule has 4 rings (SSSR count). The Kier molecular flexibility index (Phi) is 5.66. The Labute approximate surface area is 177 Å². The summed E-state index contributed by atoms with van der Waals surface area (Å²) >= 11 is 0. The summed E-state index contributed by atoms with van der Waals surface area (Å²) in [6, 6.07) is 3.24. The van der Waals surface area contributed by atoms with E-state index in [0.29, 0.717) is 12.2 Å². The molecule has 0 unspecified atom stereocenters. The molecular weight excluding hydrogens is 402 g/mol. The minimum Gasteiger partial charge on any atom is -0.350 e. The zero-order valence-electron chi connectivity index (χ0n) is 17.1. The molecule has 0 aliphatic carbocycles. The molecule has 1 aliphatic rings. The maximum Gasteiger partial charge on any atom is 0.262 e. The first-order valence-electron chi connectivity index (χ1n) is 9.73. The number of nitrogens with one attached hydrogen (secondary N) is 1. The molecule has 3 aromatic rings.